The molecule has 2 unspecified atom stereocenters. The zero-order chi connectivity index (χ0) is 23.3. The molecule has 0 bridgehead atoms. The third-order valence-corrected chi connectivity index (χ3v) is 5.76. The molecule has 2 atom stereocenters. The average Bonchev–Trinajstić information content (AvgIpc) is 2.80. The van der Waals surface area contributed by atoms with Gasteiger partial charge < -0.3 is 9.47 Å². The Morgan fingerprint density at radius 1 is 0.625 bits per heavy atom. The highest BCUT2D eigenvalue weighted by Crippen LogP contribution is 2.15. The number of rotatable bonds is 13. The van der Waals surface area contributed by atoms with Crippen molar-refractivity contribution in [2.45, 2.75) is 91.3 Å². The summed E-state index contributed by atoms with van der Waals surface area (Å²) in [6, 6.07) is 15.1. The number of aryl methyl sites for hydroxylation is 2. The normalized spacial score (nSPS) is 12.8. The summed E-state index contributed by atoms with van der Waals surface area (Å²) in [6.45, 7) is 7.85. The molecule has 0 spiro atoms. The van der Waals surface area contributed by atoms with Gasteiger partial charge in [-0.15, -0.1) is 0 Å². The van der Waals surface area contributed by atoms with Crippen molar-refractivity contribution < 1.29 is 19.1 Å². The zero-order valence-electron chi connectivity index (χ0n) is 20.1. The van der Waals surface area contributed by atoms with Gasteiger partial charge in [0.2, 0.25) is 0 Å². The number of carbonyl (C=O) groups is 2. The lowest BCUT2D eigenvalue weighted by Gasteiger charge is -2.21. The van der Waals surface area contributed by atoms with Crippen LogP contribution in [0.1, 0.15) is 98.1 Å². The predicted molar refractivity (Wildman–Crippen MR) is 129 cm³/mol. The monoisotopic (exact) mass is 438 g/mol. The highest BCUT2D eigenvalue weighted by atomic mass is 16.6. The van der Waals surface area contributed by atoms with E-state index < -0.39 is 24.1 Å². The Bertz CT molecular complexity index is 752. The van der Waals surface area contributed by atoms with Crippen molar-refractivity contribution in [3.8, 4) is 0 Å². The molecule has 0 aliphatic rings. The number of hydrogen-bond acceptors (Lipinski definition) is 4. The van der Waals surface area contributed by atoms with Crippen molar-refractivity contribution in [1.29, 1.82) is 0 Å². The van der Waals surface area contributed by atoms with Crippen molar-refractivity contribution in [3.05, 3.63) is 70.8 Å². The fourth-order valence-electron chi connectivity index (χ4n) is 3.44. The molecule has 0 saturated heterocycles. The highest BCUT2D eigenvalue weighted by molar-refractivity contribution is 5.90. The van der Waals surface area contributed by atoms with Gasteiger partial charge in [-0.3, -0.25) is 0 Å². The van der Waals surface area contributed by atoms with E-state index in [-0.39, 0.29) is 0 Å². The molecule has 0 amide bonds. The molecule has 174 valence electrons. The first-order valence-corrected chi connectivity index (χ1v) is 12.0. The molecular weight excluding hydrogens is 400 g/mol. The Morgan fingerprint density at radius 2 is 0.969 bits per heavy atom. The van der Waals surface area contributed by atoms with Crippen LogP contribution in [0.3, 0.4) is 0 Å². The standard InChI is InChI=1S/C28H38O4/c1-5-7-9-11-23-13-17-25(18-14-23)27(29)31-21(3)22(4)32-28(30)26-19-15-24(16-20-26)12-10-8-6-2/h13-22H,5-12H2,1-4H3. The van der Waals surface area contributed by atoms with E-state index in [1.807, 2.05) is 24.3 Å². The van der Waals surface area contributed by atoms with E-state index in [9.17, 15) is 9.59 Å². The maximum Gasteiger partial charge on any atom is 0.338 e. The van der Waals surface area contributed by atoms with Crippen molar-refractivity contribution in [3.63, 3.8) is 0 Å². The first kappa shape index (κ1) is 25.6. The van der Waals surface area contributed by atoms with Crippen LogP contribution in [0.25, 0.3) is 0 Å². The van der Waals surface area contributed by atoms with Crippen LogP contribution in [-0.2, 0) is 22.3 Å². The van der Waals surface area contributed by atoms with E-state index >= 15 is 0 Å². The molecule has 0 N–H and O–H groups in total. The molecule has 2 aromatic carbocycles. The van der Waals surface area contributed by atoms with E-state index in [1.54, 1.807) is 38.1 Å². The molecule has 32 heavy (non-hydrogen) atoms. The van der Waals surface area contributed by atoms with Gasteiger partial charge in [-0.2, -0.15) is 0 Å². The van der Waals surface area contributed by atoms with Crippen molar-refractivity contribution in [1.82, 2.24) is 0 Å². The summed E-state index contributed by atoms with van der Waals surface area (Å²) in [5.74, 6) is -0.811. The van der Waals surface area contributed by atoms with Crippen molar-refractivity contribution in [2.75, 3.05) is 0 Å². The Labute approximate surface area is 193 Å². The van der Waals surface area contributed by atoms with Crippen LogP contribution >= 0.6 is 0 Å². The van der Waals surface area contributed by atoms with Gasteiger partial charge in [-0.1, -0.05) is 63.8 Å². The highest BCUT2D eigenvalue weighted by Gasteiger charge is 2.22. The van der Waals surface area contributed by atoms with Gasteiger partial charge >= 0.3 is 11.9 Å². The van der Waals surface area contributed by atoms with E-state index in [0.717, 1.165) is 25.7 Å². The maximum atomic E-state index is 12.5. The fraction of sp³-hybridized carbons (Fsp3) is 0.500. The second kappa shape index (κ2) is 13.7. The number of hydrogen-bond donors (Lipinski definition) is 0. The molecule has 0 radical (unpaired) electrons. The second-order valence-electron chi connectivity index (χ2n) is 8.53. The van der Waals surface area contributed by atoms with Crippen LogP contribution in [0, 0.1) is 0 Å². The second-order valence-corrected chi connectivity index (χ2v) is 8.53. The quantitative estimate of drug-likeness (QED) is 0.251. The maximum absolute atomic E-state index is 12.5. The van der Waals surface area contributed by atoms with E-state index in [1.165, 1.54) is 36.8 Å². The summed E-state index contributed by atoms with van der Waals surface area (Å²) in [5, 5.41) is 0. The van der Waals surface area contributed by atoms with Crippen LogP contribution in [0.2, 0.25) is 0 Å². The van der Waals surface area contributed by atoms with Crippen LogP contribution in [0.15, 0.2) is 48.5 Å². The first-order valence-electron chi connectivity index (χ1n) is 12.0. The summed E-state index contributed by atoms with van der Waals surface area (Å²) in [7, 11) is 0. The minimum atomic E-state index is -0.552. The molecule has 0 saturated carbocycles. The molecule has 0 aliphatic heterocycles. The number of carbonyl (C=O) groups excluding carboxylic acids is 2. The van der Waals surface area contributed by atoms with Gasteiger partial charge in [0, 0.05) is 0 Å². The number of benzene rings is 2. The Hall–Kier alpha value is -2.62. The molecular formula is C28H38O4. The van der Waals surface area contributed by atoms with E-state index in [2.05, 4.69) is 13.8 Å². The average molecular weight is 439 g/mol. The minimum absolute atomic E-state index is 0.406. The lowest BCUT2D eigenvalue weighted by molar-refractivity contribution is -0.0239. The third kappa shape index (κ3) is 8.49. The Morgan fingerprint density at radius 3 is 1.28 bits per heavy atom. The summed E-state index contributed by atoms with van der Waals surface area (Å²) >= 11 is 0. The largest absolute Gasteiger partial charge is 0.455 e. The summed E-state index contributed by atoms with van der Waals surface area (Å²) in [5.41, 5.74) is 3.46. The smallest absolute Gasteiger partial charge is 0.338 e. The molecule has 0 heterocycles. The van der Waals surface area contributed by atoms with Crippen molar-refractivity contribution >= 4 is 11.9 Å². The SMILES string of the molecule is CCCCCc1ccc(C(=O)OC(C)C(C)OC(=O)c2ccc(CCCCC)cc2)cc1. The van der Waals surface area contributed by atoms with Crippen molar-refractivity contribution in [2.24, 2.45) is 0 Å². The third-order valence-electron chi connectivity index (χ3n) is 5.76. The number of esters is 2. The summed E-state index contributed by atoms with van der Waals surface area (Å²) in [6.07, 6.45) is 8.04. The molecule has 0 fully saturated rings. The van der Waals surface area contributed by atoms with Crippen LogP contribution < -0.4 is 0 Å². The molecule has 0 aromatic heterocycles. The van der Waals surface area contributed by atoms with Gasteiger partial charge in [0.05, 0.1) is 11.1 Å². The topological polar surface area (TPSA) is 52.6 Å². The molecule has 2 rings (SSSR count). The predicted octanol–water partition coefficient (Wildman–Crippen LogP) is 6.94. The number of unbranched alkanes of at least 4 members (excludes halogenated alkanes) is 4. The molecule has 4 nitrogen and oxygen atoms in total. The lowest BCUT2D eigenvalue weighted by atomic mass is 10.1. The molecule has 0 aliphatic carbocycles. The summed E-state index contributed by atoms with van der Waals surface area (Å²) in [4.78, 5) is 24.9. The molecule has 2 aromatic rings. The van der Waals surface area contributed by atoms with Gasteiger partial charge in [0.1, 0.15) is 12.2 Å². The molecule has 4 heteroatoms. The Balaban J connectivity index is 1.83. The van der Waals surface area contributed by atoms with Gasteiger partial charge in [0.15, 0.2) is 0 Å². The van der Waals surface area contributed by atoms with Crippen LogP contribution in [0.5, 0.6) is 0 Å². The lowest BCUT2D eigenvalue weighted by Crippen LogP contribution is -2.30. The first-order chi connectivity index (χ1) is 15.4. The van der Waals surface area contributed by atoms with E-state index in [4.69, 9.17) is 9.47 Å². The fourth-order valence-corrected chi connectivity index (χ4v) is 3.44. The van der Waals surface area contributed by atoms with Crippen LogP contribution in [0.4, 0.5) is 0 Å². The Kier molecular flexibility index (Phi) is 11.0. The van der Waals surface area contributed by atoms with Gasteiger partial charge in [-0.05, 0) is 74.9 Å². The zero-order valence-corrected chi connectivity index (χ0v) is 20.1. The summed E-state index contributed by atoms with van der Waals surface area (Å²) < 4.78 is 11.1. The van der Waals surface area contributed by atoms with E-state index in [0.29, 0.717) is 11.1 Å². The number of ether oxygens (including phenoxy) is 2. The minimum Gasteiger partial charge on any atom is -0.455 e. The van der Waals surface area contributed by atoms with Gasteiger partial charge in [0.25, 0.3) is 0 Å². The van der Waals surface area contributed by atoms with Crippen LogP contribution in [-0.4, -0.2) is 24.1 Å². The van der Waals surface area contributed by atoms with Gasteiger partial charge in [-0.25, -0.2) is 9.59 Å².